The first kappa shape index (κ1) is 79.2. The van der Waals surface area contributed by atoms with E-state index in [1.165, 1.54) is 186 Å². The summed E-state index contributed by atoms with van der Waals surface area (Å²) in [6.07, 6.45) is 81.3. The fourth-order valence-electron chi connectivity index (χ4n) is 9.71. The summed E-state index contributed by atoms with van der Waals surface area (Å²) in [5, 5.41) is 3.02. The molecule has 0 aromatic rings. The fraction of sp³-hybridized carbons (Fsp3) is 0.778. The molecule has 0 saturated carbocycles. The molecule has 0 aliphatic carbocycles. The Hall–Kier alpha value is -2.81. The van der Waals surface area contributed by atoms with Crippen LogP contribution in [0.3, 0.4) is 0 Å². The summed E-state index contributed by atoms with van der Waals surface area (Å²) >= 11 is 0. The molecular formula is C72H131N2O7P. The molecule has 0 aliphatic rings. The van der Waals surface area contributed by atoms with Gasteiger partial charge in [0.05, 0.1) is 33.8 Å². The minimum atomic E-state index is -4.71. The molecule has 0 fully saturated rings. The molecule has 3 atom stereocenters. The third kappa shape index (κ3) is 61.7. The minimum Gasteiger partial charge on any atom is -0.756 e. The number of hydrogen-bond acceptors (Lipinski definition) is 7. The molecule has 0 spiro atoms. The van der Waals surface area contributed by atoms with Crippen molar-refractivity contribution in [2.45, 2.75) is 322 Å². The first-order chi connectivity index (χ1) is 39.9. The van der Waals surface area contributed by atoms with E-state index in [0.717, 1.165) is 83.5 Å². The smallest absolute Gasteiger partial charge is 0.306 e. The molecule has 0 saturated heterocycles. The molecule has 0 aromatic carbocycles. The van der Waals surface area contributed by atoms with Crippen molar-refractivity contribution in [1.29, 1.82) is 0 Å². The van der Waals surface area contributed by atoms with Crippen molar-refractivity contribution in [2.75, 3.05) is 40.9 Å². The van der Waals surface area contributed by atoms with Crippen molar-refractivity contribution in [1.82, 2.24) is 5.32 Å². The topological polar surface area (TPSA) is 114 Å². The summed E-state index contributed by atoms with van der Waals surface area (Å²) in [7, 11) is 1.16. The summed E-state index contributed by atoms with van der Waals surface area (Å²) in [6, 6.07) is -0.909. The van der Waals surface area contributed by atoms with E-state index in [9.17, 15) is 19.0 Å². The minimum absolute atomic E-state index is 0.0310. The van der Waals surface area contributed by atoms with Crippen LogP contribution in [-0.4, -0.2) is 69.4 Å². The van der Waals surface area contributed by atoms with Gasteiger partial charge in [-0.1, -0.05) is 273 Å². The Balaban J connectivity index is 5.14. The van der Waals surface area contributed by atoms with Crippen molar-refractivity contribution >= 4 is 19.7 Å². The maximum atomic E-state index is 13.6. The zero-order chi connectivity index (χ0) is 60.0. The van der Waals surface area contributed by atoms with E-state index in [1.54, 1.807) is 0 Å². The number of phosphoric ester groups is 1. The number of nitrogens with zero attached hydrogens (tertiary/aromatic N) is 1. The Kier molecular flexibility index (Phi) is 59.2. The Morgan fingerprint density at radius 2 is 0.744 bits per heavy atom. The maximum absolute atomic E-state index is 13.6. The number of carbonyl (C=O) groups excluding carboxylic acids is 2. The number of esters is 1. The van der Waals surface area contributed by atoms with Crippen molar-refractivity contribution in [3.05, 3.63) is 85.1 Å². The second kappa shape index (κ2) is 61.3. The zero-order valence-electron chi connectivity index (χ0n) is 54.4. The molecule has 0 rings (SSSR count). The first-order valence-electron chi connectivity index (χ1n) is 34.4. The number of ether oxygens (including phenoxy) is 1. The maximum Gasteiger partial charge on any atom is 0.306 e. The normalized spacial score (nSPS) is 14.1. The van der Waals surface area contributed by atoms with Crippen LogP contribution in [0.5, 0.6) is 0 Å². The van der Waals surface area contributed by atoms with Gasteiger partial charge in [0.25, 0.3) is 7.82 Å². The van der Waals surface area contributed by atoms with Crippen LogP contribution in [0.1, 0.15) is 310 Å². The van der Waals surface area contributed by atoms with Crippen LogP contribution < -0.4 is 10.2 Å². The highest BCUT2D eigenvalue weighted by molar-refractivity contribution is 7.45. The molecule has 476 valence electrons. The van der Waals surface area contributed by atoms with Crippen LogP contribution in [0.25, 0.3) is 0 Å². The molecule has 1 amide bonds. The number of carbonyl (C=O) groups is 2. The number of phosphoric acid groups is 1. The zero-order valence-corrected chi connectivity index (χ0v) is 55.3. The van der Waals surface area contributed by atoms with Crippen LogP contribution in [0.4, 0.5) is 0 Å². The van der Waals surface area contributed by atoms with Gasteiger partial charge < -0.3 is 28.5 Å². The number of rotatable bonds is 62. The van der Waals surface area contributed by atoms with Gasteiger partial charge in [-0.25, -0.2) is 0 Å². The third-order valence-corrected chi connectivity index (χ3v) is 16.0. The fourth-order valence-corrected chi connectivity index (χ4v) is 10.4. The van der Waals surface area contributed by atoms with E-state index in [1.807, 2.05) is 33.3 Å². The van der Waals surface area contributed by atoms with Crippen LogP contribution in [0.2, 0.25) is 0 Å². The van der Waals surface area contributed by atoms with Crippen molar-refractivity contribution in [3.63, 3.8) is 0 Å². The number of nitrogens with one attached hydrogen (secondary N) is 1. The molecule has 10 heteroatoms. The molecule has 9 nitrogen and oxygen atoms in total. The predicted octanol–water partition coefficient (Wildman–Crippen LogP) is 21.1. The van der Waals surface area contributed by atoms with Crippen LogP contribution in [0.15, 0.2) is 85.1 Å². The Bertz CT molecular complexity index is 1680. The largest absolute Gasteiger partial charge is 0.756 e. The van der Waals surface area contributed by atoms with Gasteiger partial charge in [-0.05, 0) is 109 Å². The lowest BCUT2D eigenvalue weighted by molar-refractivity contribution is -0.870. The number of quaternary nitrogens is 1. The summed E-state index contributed by atoms with van der Waals surface area (Å²) in [6.45, 7) is 6.78. The third-order valence-electron chi connectivity index (χ3n) is 15.0. The molecule has 0 aromatic heterocycles. The molecule has 0 radical (unpaired) electrons. The molecule has 0 aliphatic heterocycles. The van der Waals surface area contributed by atoms with Gasteiger partial charge in [0.15, 0.2) is 0 Å². The Morgan fingerprint density at radius 3 is 1.15 bits per heavy atom. The lowest BCUT2D eigenvalue weighted by Gasteiger charge is -2.30. The monoisotopic (exact) mass is 1170 g/mol. The summed E-state index contributed by atoms with van der Waals surface area (Å²) in [4.78, 5) is 40.1. The van der Waals surface area contributed by atoms with Crippen LogP contribution >= 0.6 is 7.82 Å². The van der Waals surface area contributed by atoms with Crippen molar-refractivity contribution in [2.24, 2.45) is 0 Å². The number of amides is 1. The number of unbranched alkanes of at least 4 members (excludes halogenated alkanes) is 34. The Morgan fingerprint density at radius 1 is 0.427 bits per heavy atom. The van der Waals surface area contributed by atoms with E-state index >= 15 is 0 Å². The average molecular weight is 1170 g/mol. The van der Waals surface area contributed by atoms with Crippen molar-refractivity contribution in [3.8, 4) is 0 Å². The summed E-state index contributed by atoms with van der Waals surface area (Å²) < 4.78 is 30.4. The van der Waals surface area contributed by atoms with E-state index < -0.39 is 26.6 Å². The molecular weight excluding hydrogens is 1040 g/mol. The van der Waals surface area contributed by atoms with Gasteiger partial charge in [0, 0.05) is 12.8 Å². The SMILES string of the molecule is CCCCC/C=C\C/C=C\C/C=C\C/C=C\CCCCCC(=O)NC(COP(=O)([O-])OCC[N+](C)(C)C)C(/C=C\CCCCCCCCCCCC)OC(=O)CCCCCCCCCCCCCCCCC/C=C\C/C=C\CCCCC. The highest BCUT2D eigenvalue weighted by Gasteiger charge is 2.27. The standard InChI is InChI=1S/C72H131N2O7P/c1-7-10-13-16-19-22-25-28-30-32-34-35-36-37-38-39-41-43-45-47-50-53-56-59-62-65-72(76)81-70(63-60-57-54-51-48-27-24-21-18-15-12-9-3)69(68-80-82(77,78)79-67-66-74(4,5)6)73-71(75)64-61-58-55-52-49-46-44-42-40-33-31-29-26-23-20-17-14-11-8-2/h19-20,22-23,28-31,40,42,46,49,60,63,69-70H,7-18,21,24-27,32-39,41,43-45,47-48,50-59,61-62,64-68H2,1-6H3,(H-,73,75,77,78)/b22-19-,23-20-,30-28-,31-29-,42-40-,49-46-,63-60-. The van der Waals surface area contributed by atoms with E-state index in [0.29, 0.717) is 17.4 Å². The van der Waals surface area contributed by atoms with E-state index in [4.69, 9.17) is 13.8 Å². The average Bonchev–Trinajstić information content (AvgIpc) is 3.47. The number of likely N-dealkylation sites (N-methyl/N-ethyl adjacent to an activating group) is 1. The molecule has 1 N–H and O–H groups in total. The van der Waals surface area contributed by atoms with Gasteiger partial charge in [-0.2, -0.15) is 0 Å². The highest BCUT2D eigenvalue weighted by Crippen LogP contribution is 2.38. The van der Waals surface area contributed by atoms with E-state index in [2.05, 4.69) is 99.0 Å². The molecule has 0 heterocycles. The van der Waals surface area contributed by atoms with Gasteiger partial charge in [0.2, 0.25) is 5.91 Å². The van der Waals surface area contributed by atoms with Gasteiger partial charge >= 0.3 is 5.97 Å². The second-order valence-corrected chi connectivity index (χ2v) is 25.7. The highest BCUT2D eigenvalue weighted by atomic mass is 31.2. The first-order valence-corrected chi connectivity index (χ1v) is 35.9. The van der Waals surface area contributed by atoms with Gasteiger partial charge in [-0.3, -0.25) is 14.2 Å². The van der Waals surface area contributed by atoms with Crippen LogP contribution in [0, 0.1) is 0 Å². The Labute approximate surface area is 507 Å². The van der Waals surface area contributed by atoms with Crippen LogP contribution in [-0.2, 0) is 27.9 Å². The quantitative estimate of drug-likeness (QED) is 0.0212. The lowest BCUT2D eigenvalue weighted by Crippen LogP contribution is -2.47. The lowest BCUT2D eigenvalue weighted by atomic mass is 10.0. The van der Waals surface area contributed by atoms with Crippen molar-refractivity contribution < 1.29 is 37.3 Å². The predicted molar refractivity (Wildman–Crippen MR) is 353 cm³/mol. The number of hydrogen-bond donors (Lipinski definition) is 1. The van der Waals surface area contributed by atoms with E-state index in [-0.39, 0.29) is 31.3 Å². The molecule has 82 heavy (non-hydrogen) atoms. The summed E-state index contributed by atoms with van der Waals surface area (Å²) in [5.41, 5.74) is 0. The number of allylic oxidation sites excluding steroid dienone is 13. The molecule has 0 bridgehead atoms. The second-order valence-electron chi connectivity index (χ2n) is 24.3. The van der Waals surface area contributed by atoms with Gasteiger partial charge in [0.1, 0.15) is 19.3 Å². The van der Waals surface area contributed by atoms with Gasteiger partial charge in [-0.15, -0.1) is 0 Å². The summed E-state index contributed by atoms with van der Waals surface area (Å²) in [5.74, 6) is -0.572. The molecule has 3 unspecified atom stereocenters.